The van der Waals surface area contributed by atoms with Gasteiger partial charge in [-0.2, -0.15) is 0 Å². The van der Waals surface area contributed by atoms with Crippen molar-refractivity contribution >= 4 is 68.6 Å². The number of fused-ring (bicyclic) bond motifs is 10. The van der Waals surface area contributed by atoms with Gasteiger partial charge < -0.3 is 14.7 Å². The highest BCUT2D eigenvalue weighted by molar-refractivity contribution is 7.00. The van der Waals surface area contributed by atoms with Gasteiger partial charge in [0, 0.05) is 50.8 Å². The Hall–Kier alpha value is -7.56. The van der Waals surface area contributed by atoms with Gasteiger partial charge >= 0.3 is 0 Å². The lowest BCUT2D eigenvalue weighted by atomic mass is 9.33. The van der Waals surface area contributed by atoms with E-state index in [9.17, 15) is 0 Å². The second-order valence-electron chi connectivity index (χ2n) is 26.9. The molecule has 0 fully saturated rings. The summed E-state index contributed by atoms with van der Waals surface area (Å²) >= 11 is 0. The highest BCUT2D eigenvalue weighted by Gasteiger charge is 2.60. The van der Waals surface area contributed by atoms with Gasteiger partial charge in [0.25, 0.3) is 6.71 Å². The molecule has 9 aromatic carbocycles. The van der Waals surface area contributed by atoms with Crippen LogP contribution in [0, 0.1) is 12.3 Å². The van der Waals surface area contributed by atoms with Crippen LogP contribution in [0.2, 0.25) is 0 Å². The molecule has 78 heavy (non-hydrogen) atoms. The summed E-state index contributed by atoms with van der Waals surface area (Å²) in [5.74, 6) is 0. The number of hydrogen-bond donors (Lipinski definition) is 0. The van der Waals surface area contributed by atoms with Crippen molar-refractivity contribution < 1.29 is 0 Å². The normalized spacial score (nSPS) is 19.4. The van der Waals surface area contributed by atoms with Crippen molar-refractivity contribution in [1.82, 2.24) is 0 Å². The largest absolute Gasteiger partial charge is 0.330 e. The van der Waals surface area contributed by atoms with E-state index in [1.165, 1.54) is 129 Å². The third kappa shape index (κ3) is 7.23. The molecule has 0 bridgehead atoms. The first-order chi connectivity index (χ1) is 37.3. The molecule has 5 aliphatic rings. The van der Waals surface area contributed by atoms with Gasteiger partial charge in [0.15, 0.2) is 0 Å². The van der Waals surface area contributed by atoms with Crippen LogP contribution in [0.1, 0.15) is 120 Å². The molecule has 9 aromatic rings. The van der Waals surface area contributed by atoms with Crippen LogP contribution in [-0.4, -0.2) is 6.71 Å². The molecular weight excluding hydrogens is 942 g/mol. The van der Waals surface area contributed by atoms with Crippen molar-refractivity contribution in [3.8, 4) is 22.3 Å². The molecule has 386 valence electrons. The van der Waals surface area contributed by atoms with Crippen molar-refractivity contribution in [3.63, 3.8) is 0 Å². The highest BCUT2D eigenvalue weighted by Crippen LogP contribution is 2.64. The van der Waals surface area contributed by atoms with E-state index in [0.29, 0.717) is 0 Å². The minimum Gasteiger partial charge on any atom is -0.330 e. The Morgan fingerprint density at radius 2 is 1.04 bits per heavy atom. The molecular formula is C74H72BN3. The van der Waals surface area contributed by atoms with Crippen molar-refractivity contribution in [3.05, 3.63) is 233 Å². The van der Waals surface area contributed by atoms with Crippen LogP contribution in [-0.2, 0) is 41.0 Å². The fourth-order valence-corrected chi connectivity index (χ4v) is 15.0. The molecule has 2 atom stereocenters. The van der Waals surface area contributed by atoms with Crippen LogP contribution in [0.15, 0.2) is 188 Å². The van der Waals surface area contributed by atoms with Crippen LogP contribution < -0.4 is 31.1 Å². The Morgan fingerprint density at radius 3 is 1.74 bits per heavy atom. The van der Waals surface area contributed by atoms with E-state index in [2.05, 4.69) is 279 Å². The molecule has 0 N–H and O–H groups in total. The highest BCUT2D eigenvalue weighted by atomic mass is 15.3. The van der Waals surface area contributed by atoms with Gasteiger partial charge in [-0.1, -0.05) is 184 Å². The van der Waals surface area contributed by atoms with E-state index in [1.54, 1.807) is 0 Å². The summed E-state index contributed by atoms with van der Waals surface area (Å²) in [6.45, 7) is 26.3. The number of benzene rings is 9. The average Bonchev–Trinajstić information content (AvgIpc) is 4.07. The minimum atomic E-state index is -0.368. The van der Waals surface area contributed by atoms with Gasteiger partial charge in [-0.25, -0.2) is 0 Å². The van der Waals surface area contributed by atoms with Crippen molar-refractivity contribution in [2.75, 3.05) is 14.7 Å². The maximum Gasteiger partial charge on any atom is 0.252 e. The first kappa shape index (κ1) is 48.8. The van der Waals surface area contributed by atoms with E-state index in [-0.39, 0.29) is 33.9 Å². The predicted octanol–water partition coefficient (Wildman–Crippen LogP) is 17.4. The third-order valence-corrected chi connectivity index (χ3v) is 19.2. The predicted molar refractivity (Wildman–Crippen MR) is 333 cm³/mol. The standard InChI is InChI=1S/C74H72BN3/c1-47-38-67-69-68(39-47)77(63-35-29-55(71(5,6)7)43-58(63)49-22-16-13-17-23-49)65-42-53-46-72(8,9)45-52(53)41-62(65)75(69)61-33-32-57(44-66(61)76(67)56-30-27-54(28-31-56)70(2,3)4)78-64-34-26-51(48-20-14-12-15-21-48)40-60(64)73(10)37-36-50-24-18-19-25-59(50)74(73,78)11/h12-35,38-44H,36-37,45-46H2,1-11H3. The number of nitrogens with zero attached hydrogens (tertiary/aromatic N) is 3. The maximum absolute atomic E-state index is 2.76. The average molecular weight is 1010 g/mol. The topological polar surface area (TPSA) is 9.72 Å². The summed E-state index contributed by atoms with van der Waals surface area (Å²) in [5, 5.41) is 0. The summed E-state index contributed by atoms with van der Waals surface area (Å²) in [6, 6.07) is 73.4. The number of hydrogen-bond acceptors (Lipinski definition) is 3. The van der Waals surface area contributed by atoms with Gasteiger partial charge in [-0.15, -0.1) is 0 Å². The Labute approximate surface area is 464 Å². The van der Waals surface area contributed by atoms with Gasteiger partial charge in [0.05, 0.1) is 11.2 Å². The second-order valence-corrected chi connectivity index (χ2v) is 26.9. The molecule has 4 heteroatoms. The smallest absolute Gasteiger partial charge is 0.252 e. The van der Waals surface area contributed by atoms with Crippen LogP contribution >= 0.6 is 0 Å². The van der Waals surface area contributed by atoms with Gasteiger partial charge in [0.2, 0.25) is 0 Å². The summed E-state index contributed by atoms with van der Waals surface area (Å²) < 4.78 is 0. The van der Waals surface area contributed by atoms with Crippen LogP contribution in [0.4, 0.5) is 45.5 Å². The molecule has 14 rings (SSSR count). The van der Waals surface area contributed by atoms with E-state index in [4.69, 9.17) is 0 Å². The number of rotatable bonds is 5. The molecule has 3 aliphatic heterocycles. The first-order valence-electron chi connectivity index (χ1n) is 28.7. The zero-order valence-corrected chi connectivity index (χ0v) is 47.6. The molecule has 0 aromatic heterocycles. The Morgan fingerprint density at radius 1 is 0.436 bits per heavy atom. The van der Waals surface area contributed by atoms with Gasteiger partial charge in [-0.3, -0.25) is 0 Å². The monoisotopic (exact) mass is 1010 g/mol. The van der Waals surface area contributed by atoms with E-state index < -0.39 is 0 Å². The zero-order valence-electron chi connectivity index (χ0n) is 47.6. The molecule has 0 saturated heterocycles. The van der Waals surface area contributed by atoms with Crippen LogP contribution in [0.25, 0.3) is 22.3 Å². The molecule has 0 saturated carbocycles. The minimum absolute atomic E-state index is 0.00501. The Kier molecular flexibility index (Phi) is 10.6. The fraction of sp³-hybridized carbons (Fsp3) is 0.270. The number of anilines is 8. The van der Waals surface area contributed by atoms with E-state index >= 15 is 0 Å². The van der Waals surface area contributed by atoms with Crippen molar-refractivity contribution in [2.45, 2.75) is 124 Å². The Balaban J connectivity index is 1.05. The lowest BCUT2D eigenvalue weighted by Crippen LogP contribution is -2.61. The van der Waals surface area contributed by atoms with Gasteiger partial charge in [0.1, 0.15) is 0 Å². The molecule has 2 aliphatic carbocycles. The summed E-state index contributed by atoms with van der Waals surface area (Å²) in [5.41, 5.74) is 29.9. The van der Waals surface area contributed by atoms with Gasteiger partial charge in [-0.05, 0) is 200 Å². The molecule has 3 heterocycles. The lowest BCUT2D eigenvalue weighted by molar-refractivity contribution is 0.245. The molecule has 2 unspecified atom stereocenters. The summed E-state index contributed by atoms with van der Waals surface area (Å²) in [6.07, 6.45) is 4.26. The van der Waals surface area contributed by atoms with Crippen LogP contribution in [0.5, 0.6) is 0 Å². The first-order valence-corrected chi connectivity index (χ1v) is 28.7. The van der Waals surface area contributed by atoms with Crippen molar-refractivity contribution in [2.24, 2.45) is 5.41 Å². The van der Waals surface area contributed by atoms with E-state index in [0.717, 1.165) is 25.7 Å². The second kappa shape index (κ2) is 17.0. The quantitative estimate of drug-likeness (QED) is 0.159. The Bertz CT molecular complexity index is 3910. The molecule has 0 radical (unpaired) electrons. The third-order valence-electron chi connectivity index (χ3n) is 19.2. The fourth-order valence-electron chi connectivity index (χ4n) is 15.0. The SMILES string of the molecule is Cc1cc2c3c(c1)N(c1ccc(C(C)(C)C)cc1-c1ccccc1)c1cc4c(cc1B3c1ccc(N3c5ccc(-c6ccccc6)cc5C5(C)CCc6ccccc6C35C)cc1N2c1ccc(C(C)(C)C)cc1)CC(C)(C)C4. The zero-order chi connectivity index (χ0) is 53.8. The van der Waals surface area contributed by atoms with E-state index in [1.807, 2.05) is 0 Å². The van der Waals surface area contributed by atoms with Crippen molar-refractivity contribution in [1.29, 1.82) is 0 Å². The number of aryl methyl sites for hydroxylation is 2. The summed E-state index contributed by atoms with van der Waals surface area (Å²) in [4.78, 5) is 8.07. The molecule has 0 amide bonds. The maximum atomic E-state index is 2.76. The summed E-state index contributed by atoms with van der Waals surface area (Å²) in [7, 11) is 0. The molecule has 0 spiro atoms. The molecule has 3 nitrogen and oxygen atoms in total. The lowest BCUT2D eigenvalue weighted by Gasteiger charge is -2.51. The van der Waals surface area contributed by atoms with Crippen LogP contribution in [0.3, 0.4) is 0 Å².